The zero-order chi connectivity index (χ0) is 21.5. The lowest BCUT2D eigenvalue weighted by atomic mass is 10.1. The number of benzene rings is 1. The van der Waals surface area contributed by atoms with Crippen molar-refractivity contribution >= 4 is 32.9 Å². The van der Waals surface area contributed by atoms with Gasteiger partial charge in [-0.15, -0.1) is 11.3 Å². The summed E-state index contributed by atoms with van der Waals surface area (Å²) in [4.78, 5) is 18.2. The second-order valence-electron chi connectivity index (χ2n) is 7.27. The maximum atomic E-state index is 13.1. The van der Waals surface area contributed by atoms with Crippen LogP contribution in [0.3, 0.4) is 0 Å². The van der Waals surface area contributed by atoms with Gasteiger partial charge in [0.2, 0.25) is 0 Å². The predicted octanol–water partition coefficient (Wildman–Crippen LogP) is 3.24. The third kappa shape index (κ3) is 4.10. The van der Waals surface area contributed by atoms with Crippen molar-refractivity contribution in [3.05, 3.63) is 45.9 Å². The number of aromatic nitrogens is 3. The average Bonchev–Trinajstić information content (AvgIpc) is 3.38. The fourth-order valence-corrected chi connectivity index (χ4v) is 6.08. The lowest BCUT2D eigenvalue weighted by Gasteiger charge is -2.13. The van der Waals surface area contributed by atoms with E-state index in [4.69, 9.17) is 4.74 Å². The van der Waals surface area contributed by atoms with Gasteiger partial charge >= 0.3 is 0 Å². The Balaban J connectivity index is 1.63. The number of hydrogen-bond donors (Lipinski definition) is 1. The van der Waals surface area contributed by atoms with Crippen molar-refractivity contribution in [3.63, 3.8) is 0 Å². The van der Waals surface area contributed by atoms with E-state index in [0.717, 1.165) is 16.3 Å². The first-order valence-electron chi connectivity index (χ1n) is 9.45. The molecule has 1 aliphatic heterocycles. The van der Waals surface area contributed by atoms with Crippen LogP contribution in [0.15, 0.2) is 30.3 Å². The number of aryl methyl sites for hydroxylation is 2. The molecule has 1 unspecified atom stereocenters. The molecular formula is C20H22N4O4S2. The van der Waals surface area contributed by atoms with Crippen LogP contribution in [0.1, 0.15) is 32.8 Å². The van der Waals surface area contributed by atoms with Gasteiger partial charge in [-0.05, 0) is 44.5 Å². The second-order valence-corrected chi connectivity index (χ2v) is 10.7. The highest BCUT2D eigenvalue weighted by Crippen LogP contribution is 2.31. The van der Waals surface area contributed by atoms with E-state index in [9.17, 15) is 13.2 Å². The minimum Gasteiger partial charge on any atom is -0.497 e. The number of anilines is 1. The first kappa shape index (κ1) is 20.5. The SMILES string of the molecule is COc1ccc(-c2nc(C)sc2C(=O)Nc2cc(C)nn2C2CCS(=O)(=O)C2)cc1. The van der Waals surface area contributed by atoms with E-state index in [1.807, 2.05) is 38.1 Å². The largest absolute Gasteiger partial charge is 0.497 e. The smallest absolute Gasteiger partial charge is 0.269 e. The number of rotatable bonds is 5. The molecule has 0 spiro atoms. The molecule has 1 saturated heterocycles. The van der Waals surface area contributed by atoms with Gasteiger partial charge in [0.15, 0.2) is 9.84 Å². The summed E-state index contributed by atoms with van der Waals surface area (Å²) in [5.41, 5.74) is 2.13. The lowest BCUT2D eigenvalue weighted by Crippen LogP contribution is -2.19. The highest BCUT2D eigenvalue weighted by atomic mass is 32.2. The van der Waals surface area contributed by atoms with Crippen molar-refractivity contribution in [3.8, 4) is 17.0 Å². The Labute approximate surface area is 178 Å². The minimum atomic E-state index is -3.07. The van der Waals surface area contributed by atoms with Gasteiger partial charge in [-0.2, -0.15) is 5.10 Å². The third-order valence-electron chi connectivity index (χ3n) is 4.96. The molecule has 30 heavy (non-hydrogen) atoms. The summed E-state index contributed by atoms with van der Waals surface area (Å²) in [6.45, 7) is 3.67. The summed E-state index contributed by atoms with van der Waals surface area (Å²) in [7, 11) is -1.47. The van der Waals surface area contributed by atoms with Crippen LogP contribution in [0.5, 0.6) is 5.75 Å². The normalized spacial score (nSPS) is 17.8. The minimum absolute atomic E-state index is 0.0355. The van der Waals surface area contributed by atoms with Gasteiger partial charge in [-0.1, -0.05) is 0 Å². The number of ether oxygens (including phenoxy) is 1. The fraction of sp³-hybridized carbons (Fsp3) is 0.350. The Morgan fingerprint density at radius 3 is 2.63 bits per heavy atom. The molecule has 3 aromatic rings. The molecule has 1 aliphatic rings. The summed E-state index contributed by atoms with van der Waals surface area (Å²) >= 11 is 1.31. The topological polar surface area (TPSA) is 103 Å². The molecule has 2 aromatic heterocycles. The molecule has 3 heterocycles. The van der Waals surface area contributed by atoms with Gasteiger partial charge in [0.1, 0.15) is 16.4 Å². The molecule has 8 nitrogen and oxygen atoms in total. The molecule has 1 N–H and O–H groups in total. The first-order valence-corrected chi connectivity index (χ1v) is 12.1. The molecule has 1 aromatic carbocycles. The first-order chi connectivity index (χ1) is 14.3. The van der Waals surface area contributed by atoms with E-state index in [1.54, 1.807) is 17.9 Å². The number of amides is 1. The standard InChI is InChI=1S/C20H22N4O4S2/c1-12-10-17(24(23-12)15-8-9-30(26,27)11-15)22-20(25)19-18(21-13(2)29-19)14-4-6-16(28-3)7-5-14/h4-7,10,15H,8-9,11H2,1-3H3,(H,22,25). The molecule has 10 heteroatoms. The van der Waals surface area contributed by atoms with Crippen LogP contribution in [0, 0.1) is 13.8 Å². The molecule has 1 atom stereocenters. The maximum absolute atomic E-state index is 13.1. The van der Waals surface area contributed by atoms with E-state index in [0.29, 0.717) is 28.5 Å². The van der Waals surface area contributed by atoms with E-state index in [1.165, 1.54) is 11.3 Å². The van der Waals surface area contributed by atoms with Gasteiger partial charge in [-0.3, -0.25) is 4.79 Å². The highest BCUT2D eigenvalue weighted by molar-refractivity contribution is 7.91. The summed E-state index contributed by atoms with van der Waals surface area (Å²) in [6, 6.07) is 8.85. The number of nitrogens with one attached hydrogen (secondary N) is 1. The molecular weight excluding hydrogens is 424 g/mol. The zero-order valence-electron chi connectivity index (χ0n) is 16.9. The molecule has 0 saturated carbocycles. The Bertz CT molecular complexity index is 1200. The number of thiazole rings is 1. The number of sulfone groups is 1. The number of methoxy groups -OCH3 is 1. The maximum Gasteiger partial charge on any atom is 0.269 e. The Morgan fingerprint density at radius 1 is 1.27 bits per heavy atom. The van der Waals surface area contributed by atoms with Gasteiger partial charge in [0.05, 0.1) is 41.1 Å². The van der Waals surface area contributed by atoms with E-state index >= 15 is 0 Å². The number of nitrogens with zero attached hydrogens (tertiary/aromatic N) is 3. The van der Waals surface area contributed by atoms with Crippen LogP contribution < -0.4 is 10.1 Å². The Kier molecular flexibility index (Phi) is 5.37. The third-order valence-corrected chi connectivity index (χ3v) is 7.68. The molecule has 4 rings (SSSR count). The van der Waals surface area contributed by atoms with Crippen molar-refractivity contribution in [2.24, 2.45) is 0 Å². The average molecular weight is 447 g/mol. The molecule has 158 valence electrons. The van der Waals surface area contributed by atoms with Gasteiger partial charge in [-0.25, -0.2) is 18.1 Å². The van der Waals surface area contributed by atoms with Crippen LogP contribution in [-0.2, 0) is 9.84 Å². The van der Waals surface area contributed by atoms with Crippen molar-refractivity contribution < 1.29 is 17.9 Å². The molecule has 1 amide bonds. The van der Waals surface area contributed by atoms with Crippen LogP contribution in [0.25, 0.3) is 11.3 Å². The Hall–Kier alpha value is -2.72. The molecule has 0 aliphatic carbocycles. The molecule has 0 bridgehead atoms. The van der Waals surface area contributed by atoms with Crippen molar-refractivity contribution in [1.82, 2.24) is 14.8 Å². The summed E-state index contributed by atoms with van der Waals surface area (Å²) in [5.74, 6) is 1.09. The number of hydrogen-bond acceptors (Lipinski definition) is 7. The molecule has 0 radical (unpaired) electrons. The molecule has 1 fully saturated rings. The van der Waals surface area contributed by atoms with E-state index in [-0.39, 0.29) is 23.5 Å². The van der Waals surface area contributed by atoms with Crippen molar-refractivity contribution in [2.75, 3.05) is 23.9 Å². The van der Waals surface area contributed by atoms with Crippen LogP contribution in [0.2, 0.25) is 0 Å². The number of carbonyl (C=O) groups excluding carboxylic acids is 1. The van der Waals surface area contributed by atoms with Gasteiger partial charge < -0.3 is 10.1 Å². The van der Waals surface area contributed by atoms with E-state index in [2.05, 4.69) is 15.4 Å². The van der Waals surface area contributed by atoms with Crippen LogP contribution in [-0.4, -0.2) is 47.7 Å². The van der Waals surface area contributed by atoms with Gasteiger partial charge in [0, 0.05) is 11.6 Å². The Morgan fingerprint density at radius 2 is 2.00 bits per heavy atom. The summed E-state index contributed by atoms with van der Waals surface area (Å²) in [5, 5.41) is 8.11. The van der Waals surface area contributed by atoms with Crippen molar-refractivity contribution in [1.29, 1.82) is 0 Å². The predicted molar refractivity (Wildman–Crippen MR) is 116 cm³/mol. The highest BCUT2D eigenvalue weighted by Gasteiger charge is 2.31. The van der Waals surface area contributed by atoms with Crippen LogP contribution >= 0.6 is 11.3 Å². The summed E-state index contributed by atoms with van der Waals surface area (Å²) in [6.07, 6.45) is 0.489. The van der Waals surface area contributed by atoms with Crippen LogP contribution in [0.4, 0.5) is 5.82 Å². The zero-order valence-corrected chi connectivity index (χ0v) is 18.5. The number of carbonyl (C=O) groups is 1. The quantitative estimate of drug-likeness (QED) is 0.645. The van der Waals surface area contributed by atoms with Gasteiger partial charge in [0.25, 0.3) is 5.91 Å². The van der Waals surface area contributed by atoms with Crippen molar-refractivity contribution in [2.45, 2.75) is 26.3 Å². The second kappa shape index (κ2) is 7.84. The van der Waals surface area contributed by atoms with E-state index < -0.39 is 9.84 Å². The fourth-order valence-electron chi connectivity index (χ4n) is 3.56. The lowest BCUT2D eigenvalue weighted by molar-refractivity contribution is 0.102. The summed E-state index contributed by atoms with van der Waals surface area (Å²) < 4.78 is 30.6. The monoisotopic (exact) mass is 446 g/mol.